The molecule has 3 rings (SSSR count). The van der Waals surface area contributed by atoms with Crippen LogP contribution < -0.4 is 0 Å². The minimum absolute atomic E-state index is 0.387. The lowest BCUT2D eigenvalue weighted by Gasteiger charge is -2.35. The number of aromatic nitrogens is 1. The fourth-order valence-corrected chi connectivity index (χ4v) is 3.50. The number of hydrogen-bond donors (Lipinski definition) is 1. The molecule has 1 fully saturated rings. The molecule has 0 atom stereocenters. The summed E-state index contributed by atoms with van der Waals surface area (Å²) in [5.41, 5.74) is 3.69. The summed E-state index contributed by atoms with van der Waals surface area (Å²) in [4.78, 5) is 13.6. The Morgan fingerprint density at radius 1 is 1.29 bits per heavy atom. The normalized spacial score (nSPS) is 17.5. The molecule has 1 aliphatic rings. The number of aryl methyl sites for hydroxylation is 2. The van der Waals surface area contributed by atoms with Gasteiger partial charge in [0.05, 0.1) is 11.1 Å². The van der Waals surface area contributed by atoms with E-state index in [4.69, 9.17) is 4.52 Å². The predicted molar refractivity (Wildman–Crippen MR) is 93.3 cm³/mol. The van der Waals surface area contributed by atoms with Crippen LogP contribution in [0.3, 0.4) is 0 Å². The van der Waals surface area contributed by atoms with E-state index in [1.165, 1.54) is 11.1 Å². The first kappa shape index (κ1) is 17.0. The number of aliphatic carboxylic acids is 1. The van der Waals surface area contributed by atoms with Gasteiger partial charge in [-0.05, 0) is 76.9 Å². The highest BCUT2D eigenvalue weighted by Crippen LogP contribution is 2.34. The molecule has 130 valence electrons. The number of fused-ring (bicyclic) bond motifs is 1. The van der Waals surface area contributed by atoms with Crippen LogP contribution in [0, 0.1) is 19.3 Å². The zero-order valence-corrected chi connectivity index (χ0v) is 14.9. The second-order valence-electron chi connectivity index (χ2n) is 7.74. The van der Waals surface area contributed by atoms with Crippen LogP contribution in [0.4, 0.5) is 0 Å². The molecule has 2 heterocycles. The Bertz CT molecular complexity index is 755. The molecular formula is C19H26N2O3. The van der Waals surface area contributed by atoms with Crippen molar-refractivity contribution in [2.45, 2.75) is 46.5 Å². The quantitative estimate of drug-likeness (QED) is 0.925. The Hall–Kier alpha value is -1.88. The summed E-state index contributed by atoms with van der Waals surface area (Å²) >= 11 is 0. The van der Waals surface area contributed by atoms with Crippen molar-refractivity contribution in [3.05, 3.63) is 29.0 Å². The molecule has 2 aromatic rings. The van der Waals surface area contributed by atoms with Crippen LogP contribution in [0.1, 0.15) is 49.4 Å². The first-order valence-corrected chi connectivity index (χ1v) is 8.60. The molecule has 0 radical (unpaired) electrons. The zero-order valence-electron chi connectivity index (χ0n) is 14.9. The number of benzene rings is 1. The van der Waals surface area contributed by atoms with Crippen LogP contribution in [-0.4, -0.2) is 40.8 Å². The van der Waals surface area contributed by atoms with Gasteiger partial charge in [-0.15, -0.1) is 0 Å². The van der Waals surface area contributed by atoms with Gasteiger partial charge in [0.25, 0.3) is 0 Å². The largest absolute Gasteiger partial charge is 0.481 e. The minimum Gasteiger partial charge on any atom is -0.481 e. The number of piperidine rings is 1. The van der Waals surface area contributed by atoms with Crippen molar-refractivity contribution >= 4 is 16.9 Å². The highest BCUT2D eigenvalue weighted by atomic mass is 16.5. The summed E-state index contributed by atoms with van der Waals surface area (Å²) < 4.78 is 5.54. The maximum Gasteiger partial charge on any atom is 0.310 e. The molecule has 0 bridgehead atoms. The summed E-state index contributed by atoms with van der Waals surface area (Å²) in [6.07, 6.45) is 1.98. The number of rotatable bonds is 4. The molecule has 0 saturated carbocycles. The monoisotopic (exact) mass is 330 g/mol. The molecule has 5 nitrogen and oxygen atoms in total. The number of hydrogen-bond acceptors (Lipinski definition) is 4. The molecule has 1 aromatic carbocycles. The van der Waals surface area contributed by atoms with E-state index in [0.717, 1.165) is 42.6 Å². The molecule has 0 amide bonds. The van der Waals surface area contributed by atoms with Crippen molar-refractivity contribution in [1.29, 1.82) is 0 Å². The summed E-state index contributed by atoms with van der Waals surface area (Å²) in [5.74, 6) is -0.351. The third-order valence-electron chi connectivity index (χ3n) is 5.29. The van der Waals surface area contributed by atoms with Crippen LogP contribution in [0.15, 0.2) is 16.7 Å². The van der Waals surface area contributed by atoms with E-state index in [9.17, 15) is 9.90 Å². The molecular weight excluding hydrogens is 304 g/mol. The third-order valence-corrected chi connectivity index (χ3v) is 5.29. The second kappa shape index (κ2) is 6.20. The topological polar surface area (TPSA) is 66.6 Å². The maximum atomic E-state index is 11.3. The van der Waals surface area contributed by atoms with E-state index in [1.54, 1.807) is 13.8 Å². The summed E-state index contributed by atoms with van der Waals surface area (Å²) in [6, 6.07) is 4.24. The van der Waals surface area contributed by atoms with Gasteiger partial charge < -0.3 is 14.5 Å². The Balaban J connectivity index is 1.71. The van der Waals surface area contributed by atoms with Gasteiger partial charge in [-0.3, -0.25) is 4.79 Å². The van der Waals surface area contributed by atoms with Gasteiger partial charge in [-0.2, -0.15) is 0 Å². The number of carbonyl (C=O) groups is 1. The van der Waals surface area contributed by atoms with Crippen LogP contribution in [-0.2, 0) is 4.79 Å². The lowest BCUT2D eigenvalue weighted by molar-refractivity contribution is -0.148. The minimum atomic E-state index is -0.738. The van der Waals surface area contributed by atoms with Gasteiger partial charge in [-0.1, -0.05) is 5.16 Å². The van der Waals surface area contributed by atoms with E-state index in [-0.39, 0.29) is 0 Å². The highest BCUT2D eigenvalue weighted by Gasteiger charge is 2.32. The Kier molecular flexibility index (Phi) is 4.38. The van der Waals surface area contributed by atoms with E-state index >= 15 is 0 Å². The number of carboxylic acids is 1. The Morgan fingerprint density at radius 3 is 2.54 bits per heavy atom. The molecule has 1 N–H and O–H groups in total. The van der Waals surface area contributed by atoms with Crippen LogP contribution in [0.2, 0.25) is 0 Å². The van der Waals surface area contributed by atoms with Gasteiger partial charge in [0.1, 0.15) is 0 Å². The summed E-state index contributed by atoms with van der Waals surface area (Å²) in [6.45, 7) is 10.2. The summed E-state index contributed by atoms with van der Waals surface area (Å²) in [7, 11) is 0. The average molecular weight is 330 g/mol. The van der Waals surface area contributed by atoms with Crippen molar-refractivity contribution in [3.63, 3.8) is 0 Å². The number of likely N-dealkylation sites (tertiary alicyclic amines) is 1. The molecule has 0 unspecified atom stereocenters. The van der Waals surface area contributed by atoms with Gasteiger partial charge in [0.2, 0.25) is 0 Å². The van der Waals surface area contributed by atoms with E-state index in [2.05, 4.69) is 36.0 Å². The highest BCUT2D eigenvalue weighted by molar-refractivity contribution is 5.81. The van der Waals surface area contributed by atoms with Gasteiger partial charge in [0.15, 0.2) is 5.58 Å². The average Bonchev–Trinajstić information content (AvgIpc) is 2.91. The molecule has 1 aliphatic heterocycles. The number of carboxylic acid groups (broad SMARTS) is 1. The number of nitrogens with zero attached hydrogens (tertiary/aromatic N) is 2. The lowest BCUT2D eigenvalue weighted by atomic mass is 9.88. The van der Waals surface area contributed by atoms with Crippen molar-refractivity contribution in [2.24, 2.45) is 5.41 Å². The van der Waals surface area contributed by atoms with Crippen molar-refractivity contribution in [2.75, 3.05) is 19.6 Å². The van der Waals surface area contributed by atoms with E-state index < -0.39 is 11.4 Å². The van der Waals surface area contributed by atoms with E-state index in [1.807, 2.05) is 0 Å². The molecule has 5 heteroatoms. The van der Waals surface area contributed by atoms with Gasteiger partial charge >= 0.3 is 5.97 Å². The van der Waals surface area contributed by atoms with Crippen molar-refractivity contribution < 1.29 is 14.4 Å². The van der Waals surface area contributed by atoms with Crippen molar-refractivity contribution in [1.82, 2.24) is 10.1 Å². The maximum absolute atomic E-state index is 11.3. The van der Waals surface area contributed by atoms with Crippen LogP contribution >= 0.6 is 0 Å². The fraction of sp³-hybridized carbons (Fsp3) is 0.579. The molecule has 1 saturated heterocycles. The fourth-order valence-electron chi connectivity index (χ4n) is 3.50. The van der Waals surface area contributed by atoms with E-state index in [0.29, 0.717) is 12.5 Å². The second-order valence-corrected chi connectivity index (χ2v) is 7.74. The van der Waals surface area contributed by atoms with Crippen molar-refractivity contribution in [3.8, 4) is 0 Å². The van der Waals surface area contributed by atoms with Gasteiger partial charge in [0, 0.05) is 17.8 Å². The van der Waals surface area contributed by atoms with Crippen LogP contribution in [0.5, 0.6) is 0 Å². The van der Waals surface area contributed by atoms with Crippen LogP contribution in [0.25, 0.3) is 11.0 Å². The lowest BCUT2D eigenvalue weighted by Crippen LogP contribution is -2.42. The molecule has 0 spiro atoms. The molecule has 0 aliphatic carbocycles. The summed E-state index contributed by atoms with van der Waals surface area (Å²) in [5, 5.41) is 14.8. The standard InChI is InChI=1S/C19H26N2O3/c1-12-9-15-16(10-13(12)2)24-20-17(15)14-5-7-21(8-6-14)11-19(3,4)18(22)23/h9-10,14H,5-8,11H2,1-4H3,(H,22,23). The third kappa shape index (κ3) is 3.18. The van der Waals surface area contributed by atoms with Gasteiger partial charge in [-0.25, -0.2) is 0 Å². The Morgan fingerprint density at radius 2 is 1.92 bits per heavy atom. The molecule has 24 heavy (non-hydrogen) atoms. The molecule has 1 aromatic heterocycles. The SMILES string of the molecule is Cc1cc2onc(C3CCN(CC(C)(C)C(=O)O)CC3)c2cc1C. The Labute approximate surface area is 142 Å². The first-order valence-electron chi connectivity index (χ1n) is 8.60. The predicted octanol–water partition coefficient (Wildman–Crippen LogP) is 3.73. The zero-order chi connectivity index (χ0) is 17.5. The first-order chi connectivity index (χ1) is 11.3. The smallest absolute Gasteiger partial charge is 0.310 e.